The summed E-state index contributed by atoms with van der Waals surface area (Å²) in [5, 5.41) is 0. The number of rotatable bonds is 5. The molecule has 0 fully saturated rings. The second kappa shape index (κ2) is 5.66. The molecule has 0 saturated carbocycles. The highest BCUT2D eigenvalue weighted by Gasteiger charge is 2.22. The lowest BCUT2D eigenvalue weighted by atomic mass is 10.1. The molecule has 1 aromatic heterocycles. The average Bonchev–Trinajstić information content (AvgIpc) is 2.77. The summed E-state index contributed by atoms with van der Waals surface area (Å²) in [5.41, 5.74) is 5.44. The van der Waals surface area contributed by atoms with E-state index in [1.165, 1.54) is 12.1 Å². The van der Waals surface area contributed by atoms with Gasteiger partial charge in [-0.1, -0.05) is 6.92 Å². The Hall–Kier alpha value is -1.85. The van der Waals surface area contributed by atoms with Crippen LogP contribution in [0.3, 0.4) is 0 Å². The first-order valence-corrected chi connectivity index (χ1v) is 5.91. The first-order valence-electron chi connectivity index (χ1n) is 5.91. The third-order valence-corrected chi connectivity index (χ3v) is 2.71. The van der Waals surface area contributed by atoms with Crippen LogP contribution in [0.15, 0.2) is 23.3 Å². The predicted octanol–water partition coefficient (Wildman–Crippen LogP) is 1.48. The molecule has 5 nitrogen and oxygen atoms in total. The van der Waals surface area contributed by atoms with Crippen LogP contribution >= 0.6 is 0 Å². The Morgan fingerprint density at radius 3 is 3.00 bits per heavy atom. The first-order chi connectivity index (χ1) is 8.67. The molecule has 0 saturated heterocycles. The lowest BCUT2D eigenvalue weighted by Crippen LogP contribution is -2.23. The molecule has 2 unspecified atom stereocenters. The topological polar surface area (TPSA) is 69.7 Å². The number of hydrogen-bond donors (Lipinski definition) is 1. The number of nitrogens with zero attached hydrogens (tertiary/aromatic N) is 2. The van der Waals surface area contributed by atoms with Gasteiger partial charge in [-0.05, 0) is 12.5 Å². The van der Waals surface area contributed by atoms with Gasteiger partial charge in [0.2, 0.25) is 5.88 Å². The maximum Gasteiger partial charge on any atom is 0.282 e. The number of ether oxygens (including phenoxy) is 2. The molecule has 1 aliphatic heterocycles. The Kier molecular flexibility index (Phi) is 3.96. The molecule has 18 heavy (non-hydrogen) atoms. The third kappa shape index (κ3) is 3.32. The van der Waals surface area contributed by atoms with E-state index in [0.29, 0.717) is 18.9 Å². The maximum atomic E-state index is 12.7. The summed E-state index contributed by atoms with van der Waals surface area (Å²) in [4.78, 5) is 8.01. The van der Waals surface area contributed by atoms with Crippen molar-refractivity contribution in [3.05, 3.63) is 24.1 Å². The number of halogens is 1. The fourth-order valence-electron chi connectivity index (χ4n) is 1.76. The summed E-state index contributed by atoms with van der Waals surface area (Å²) >= 11 is 0. The zero-order valence-corrected chi connectivity index (χ0v) is 10.2. The zero-order valence-electron chi connectivity index (χ0n) is 10.2. The van der Waals surface area contributed by atoms with Crippen LogP contribution in [-0.4, -0.2) is 29.8 Å². The third-order valence-electron chi connectivity index (χ3n) is 2.71. The van der Waals surface area contributed by atoms with Crippen molar-refractivity contribution in [2.24, 2.45) is 10.7 Å². The molecule has 6 heteroatoms. The highest BCUT2D eigenvalue weighted by atomic mass is 19.1. The minimum absolute atomic E-state index is 0.0235. The normalized spacial score (nSPS) is 20.1. The van der Waals surface area contributed by atoms with Crippen molar-refractivity contribution in [2.45, 2.75) is 31.9 Å². The fourth-order valence-corrected chi connectivity index (χ4v) is 1.76. The van der Waals surface area contributed by atoms with Crippen molar-refractivity contribution in [3.8, 4) is 5.88 Å². The molecule has 1 aromatic rings. The average molecular weight is 253 g/mol. The Balaban J connectivity index is 1.91. The summed E-state index contributed by atoms with van der Waals surface area (Å²) in [6.07, 6.45) is 2.61. The van der Waals surface area contributed by atoms with Crippen LogP contribution in [0.2, 0.25) is 0 Å². The molecule has 0 aliphatic carbocycles. The van der Waals surface area contributed by atoms with Gasteiger partial charge in [0.15, 0.2) is 0 Å². The molecule has 98 valence electrons. The zero-order chi connectivity index (χ0) is 13.0. The molecule has 1 aliphatic rings. The van der Waals surface area contributed by atoms with Crippen molar-refractivity contribution in [1.29, 1.82) is 0 Å². The van der Waals surface area contributed by atoms with Crippen molar-refractivity contribution >= 4 is 6.02 Å². The van der Waals surface area contributed by atoms with Crippen LogP contribution in [0.4, 0.5) is 4.39 Å². The summed E-state index contributed by atoms with van der Waals surface area (Å²) in [7, 11) is 0. The van der Waals surface area contributed by atoms with Crippen LogP contribution in [0.25, 0.3) is 0 Å². The summed E-state index contributed by atoms with van der Waals surface area (Å²) in [5.74, 6) is 0.0380. The van der Waals surface area contributed by atoms with Gasteiger partial charge in [0.05, 0.1) is 12.2 Å². The summed E-state index contributed by atoms with van der Waals surface area (Å²) in [6.45, 7) is 2.50. The molecule has 0 radical (unpaired) electrons. The lowest BCUT2D eigenvalue weighted by Gasteiger charge is -2.18. The molecule has 2 N–H and O–H groups in total. The largest absolute Gasteiger partial charge is 0.474 e. The van der Waals surface area contributed by atoms with E-state index in [9.17, 15) is 4.39 Å². The summed E-state index contributed by atoms with van der Waals surface area (Å²) in [6, 6.07) is 3.09. The van der Waals surface area contributed by atoms with Crippen molar-refractivity contribution in [1.82, 2.24) is 4.98 Å². The van der Waals surface area contributed by atoms with E-state index in [4.69, 9.17) is 15.2 Å². The SMILES string of the molecule is CCC(CC1COC(N)=N1)Oc1ccc(F)cn1. The van der Waals surface area contributed by atoms with Crippen LogP contribution < -0.4 is 10.5 Å². The number of amidine groups is 1. The van der Waals surface area contributed by atoms with Gasteiger partial charge in [0.25, 0.3) is 6.02 Å². The van der Waals surface area contributed by atoms with Gasteiger partial charge >= 0.3 is 0 Å². The molecule has 0 bridgehead atoms. The van der Waals surface area contributed by atoms with Crippen molar-refractivity contribution in [3.63, 3.8) is 0 Å². The van der Waals surface area contributed by atoms with Gasteiger partial charge < -0.3 is 15.2 Å². The highest BCUT2D eigenvalue weighted by molar-refractivity contribution is 5.73. The molecule has 2 rings (SSSR count). The van der Waals surface area contributed by atoms with Gasteiger partial charge in [-0.15, -0.1) is 0 Å². The maximum absolute atomic E-state index is 12.7. The quantitative estimate of drug-likeness (QED) is 0.863. The van der Waals surface area contributed by atoms with Gasteiger partial charge in [-0.3, -0.25) is 0 Å². The van der Waals surface area contributed by atoms with Gasteiger partial charge in [-0.2, -0.15) is 0 Å². The van der Waals surface area contributed by atoms with E-state index in [2.05, 4.69) is 9.98 Å². The second-order valence-corrected chi connectivity index (χ2v) is 4.13. The standard InChI is InChI=1S/C12H16FN3O2/c1-2-10(5-9-7-17-12(14)16-9)18-11-4-3-8(13)6-15-11/h3-4,6,9-10H,2,5,7H2,1H3,(H2,14,16). The molecular formula is C12H16FN3O2. The van der Waals surface area contributed by atoms with Gasteiger partial charge in [0.1, 0.15) is 18.5 Å². The van der Waals surface area contributed by atoms with E-state index < -0.39 is 0 Å². The monoisotopic (exact) mass is 253 g/mol. The summed E-state index contributed by atoms with van der Waals surface area (Å²) < 4.78 is 23.5. The van der Waals surface area contributed by atoms with Crippen LogP contribution in [-0.2, 0) is 4.74 Å². The Morgan fingerprint density at radius 2 is 2.44 bits per heavy atom. The number of hydrogen-bond acceptors (Lipinski definition) is 5. The Labute approximate surface area is 105 Å². The lowest BCUT2D eigenvalue weighted by molar-refractivity contribution is 0.162. The number of aliphatic imine (C=N–C) groups is 1. The van der Waals surface area contributed by atoms with Crippen LogP contribution in [0.5, 0.6) is 5.88 Å². The molecule has 0 spiro atoms. The number of pyridine rings is 1. The minimum atomic E-state index is -0.378. The van der Waals surface area contributed by atoms with E-state index in [1.54, 1.807) is 0 Å². The molecule has 0 aromatic carbocycles. The predicted molar refractivity (Wildman–Crippen MR) is 64.9 cm³/mol. The first kappa shape index (κ1) is 12.6. The fraction of sp³-hybridized carbons (Fsp3) is 0.500. The molecular weight excluding hydrogens is 237 g/mol. The Bertz CT molecular complexity index is 422. The van der Waals surface area contributed by atoms with Gasteiger partial charge in [0, 0.05) is 12.5 Å². The Morgan fingerprint density at radius 1 is 1.61 bits per heavy atom. The minimum Gasteiger partial charge on any atom is -0.474 e. The van der Waals surface area contributed by atoms with E-state index in [-0.39, 0.29) is 24.0 Å². The van der Waals surface area contributed by atoms with E-state index >= 15 is 0 Å². The van der Waals surface area contributed by atoms with Gasteiger partial charge in [-0.25, -0.2) is 14.4 Å². The van der Waals surface area contributed by atoms with Crippen molar-refractivity contribution in [2.75, 3.05) is 6.61 Å². The molecule has 2 atom stereocenters. The smallest absolute Gasteiger partial charge is 0.282 e. The number of nitrogens with two attached hydrogens (primary N) is 1. The number of aromatic nitrogens is 1. The highest BCUT2D eigenvalue weighted by Crippen LogP contribution is 2.17. The van der Waals surface area contributed by atoms with Crippen molar-refractivity contribution < 1.29 is 13.9 Å². The van der Waals surface area contributed by atoms with E-state index in [1.807, 2.05) is 6.92 Å². The van der Waals surface area contributed by atoms with E-state index in [0.717, 1.165) is 12.6 Å². The molecule has 2 heterocycles. The van der Waals surface area contributed by atoms with Crippen LogP contribution in [0, 0.1) is 5.82 Å². The second-order valence-electron chi connectivity index (χ2n) is 4.13. The van der Waals surface area contributed by atoms with Crippen LogP contribution in [0.1, 0.15) is 19.8 Å². The molecule has 0 amide bonds.